The standard InChI is InChI=1S/C9H9NO4/c11-6-1-2-7(12)10(6)9(3-4-9)5-8(13)14/h1-2H,3-5H2,(H,13,14). The van der Waals surface area contributed by atoms with Crippen LogP contribution in [0.2, 0.25) is 0 Å². The highest BCUT2D eigenvalue weighted by molar-refractivity contribution is 6.14. The van der Waals surface area contributed by atoms with Gasteiger partial charge in [0.2, 0.25) is 0 Å². The molecule has 14 heavy (non-hydrogen) atoms. The Morgan fingerprint density at radius 3 is 2.21 bits per heavy atom. The molecule has 0 aromatic rings. The van der Waals surface area contributed by atoms with E-state index in [9.17, 15) is 14.4 Å². The van der Waals surface area contributed by atoms with Gasteiger partial charge in [0.1, 0.15) is 0 Å². The van der Waals surface area contributed by atoms with E-state index < -0.39 is 23.3 Å². The van der Waals surface area contributed by atoms with Gasteiger partial charge in [0.25, 0.3) is 11.8 Å². The van der Waals surface area contributed by atoms with Crippen LogP contribution < -0.4 is 0 Å². The molecule has 0 bridgehead atoms. The maximum absolute atomic E-state index is 11.3. The Balaban J connectivity index is 2.19. The first-order valence-electron chi connectivity index (χ1n) is 4.33. The zero-order valence-electron chi connectivity index (χ0n) is 7.40. The van der Waals surface area contributed by atoms with Crippen LogP contribution in [0.25, 0.3) is 0 Å². The number of rotatable bonds is 3. The van der Waals surface area contributed by atoms with Gasteiger partial charge in [-0.05, 0) is 12.8 Å². The number of carbonyl (C=O) groups is 3. The lowest BCUT2D eigenvalue weighted by Crippen LogP contribution is -2.43. The number of carbonyl (C=O) groups excluding carboxylic acids is 2. The summed E-state index contributed by atoms with van der Waals surface area (Å²) in [7, 11) is 0. The zero-order chi connectivity index (χ0) is 10.3. The van der Waals surface area contributed by atoms with Crippen molar-refractivity contribution in [2.45, 2.75) is 24.8 Å². The molecule has 2 rings (SSSR count). The number of nitrogens with zero attached hydrogens (tertiary/aromatic N) is 1. The molecule has 0 radical (unpaired) electrons. The second-order valence-corrected chi connectivity index (χ2v) is 3.64. The second kappa shape index (κ2) is 2.67. The lowest BCUT2D eigenvalue weighted by atomic mass is 10.1. The van der Waals surface area contributed by atoms with Crippen LogP contribution in [0.4, 0.5) is 0 Å². The molecule has 0 unspecified atom stereocenters. The molecule has 0 aromatic carbocycles. The van der Waals surface area contributed by atoms with E-state index in [4.69, 9.17) is 5.11 Å². The average molecular weight is 195 g/mol. The van der Waals surface area contributed by atoms with Gasteiger partial charge in [0.05, 0.1) is 12.0 Å². The average Bonchev–Trinajstić information content (AvgIpc) is 2.73. The Morgan fingerprint density at radius 2 is 1.86 bits per heavy atom. The summed E-state index contributed by atoms with van der Waals surface area (Å²) in [5.41, 5.74) is -0.733. The fourth-order valence-electron chi connectivity index (χ4n) is 1.77. The van der Waals surface area contributed by atoms with Crippen molar-refractivity contribution in [1.29, 1.82) is 0 Å². The number of hydrogen-bond donors (Lipinski definition) is 1. The van der Waals surface area contributed by atoms with Gasteiger partial charge in [0, 0.05) is 12.2 Å². The predicted octanol–water partition coefficient (Wildman–Crippen LogP) is -0.0813. The highest BCUT2D eigenvalue weighted by atomic mass is 16.4. The second-order valence-electron chi connectivity index (χ2n) is 3.64. The summed E-state index contributed by atoms with van der Waals surface area (Å²) in [5, 5.41) is 8.65. The van der Waals surface area contributed by atoms with Gasteiger partial charge >= 0.3 is 5.97 Å². The number of amides is 2. The molecule has 0 saturated heterocycles. The number of carboxylic acid groups (broad SMARTS) is 1. The highest BCUT2D eigenvalue weighted by Gasteiger charge is 2.54. The van der Waals surface area contributed by atoms with Crippen LogP contribution in [0, 0.1) is 0 Å². The van der Waals surface area contributed by atoms with Gasteiger partial charge in [-0.3, -0.25) is 19.3 Å². The molecule has 5 heteroatoms. The summed E-state index contributed by atoms with van der Waals surface area (Å²) in [6.07, 6.45) is 3.41. The number of hydrogen-bond acceptors (Lipinski definition) is 3. The largest absolute Gasteiger partial charge is 0.481 e. The molecule has 1 aliphatic heterocycles. The SMILES string of the molecule is O=C(O)CC1(N2C(=O)C=CC2=O)CC1. The summed E-state index contributed by atoms with van der Waals surface area (Å²) < 4.78 is 0. The third kappa shape index (κ3) is 1.21. The molecule has 74 valence electrons. The van der Waals surface area contributed by atoms with E-state index in [-0.39, 0.29) is 6.42 Å². The summed E-state index contributed by atoms with van der Waals surface area (Å²) in [6, 6.07) is 0. The van der Waals surface area contributed by atoms with Crippen molar-refractivity contribution in [2.75, 3.05) is 0 Å². The molecule has 1 saturated carbocycles. The molecule has 2 aliphatic rings. The first-order valence-corrected chi connectivity index (χ1v) is 4.33. The monoisotopic (exact) mass is 195 g/mol. The van der Waals surface area contributed by atoms with E-state index >= 15 is 0 Å². The minimum Gasteiger partial charge on any atom is -0.481 e. The summed E-state index contributed by atoms with van der Waals surface area (Å²) in [5.74, 6) is -1.77. The molecule has 2 amide bonds. The minimum atomic E-state index is -0.977. The van der Waals surface area contributed by atoms with E-state index in [0.717, 1.165) is 4.90 Å². The lowest BCUT2D eigenvalue weighted by molar-refractivity contribution is -0.144. The molecule has 1 N–H and O–H groups in total. The Kier molecular flexibility index (Phi) is 1.70. The van der Waals surface area contributed by atoms with Crippen molar-refractivity contribution in [1.82, 2.24) is 4.90 Å². The van der Waals surface area contributed by atoms with Crippen molar-refractivity contribution >= 4 is 17.8 Å². The molecule has 0 aromatic heterocycles. The molecular weight excluding hydrogens is 186 g/mol. The quantitative estimate of drug-likeness (QED) is 0.639. The molecule has 0 atom stereocenters. The Labute approximate surface area is 80.0 Å². The molecule has 0 spiro atoms. The Bertz CT molecular complexity index is 336. The van der Waals surface area contributed by atoms with E-state index in [2.05, 4.69) is 0 Å². The molecule has 1 aliphatic carbocycles. The predicted molar refractivity (Wildman–Crippen MR) is 45.2 cm³/mol. The maximum Gasteiger partial charge on any atom is 0.305 e. The van der Waals surface area contributed by atoms with Gasteiger partial charge in [0.15, 0.2) is 0 Å². The maximum atomic E-state index is 11.3. The summed E-state index contributed by atoms with van der Waals surface area (Å²) >= 11 is 0. The molecule has 1 heterocycles. The number of imide groups is 1. The van der Waals surface area contributed by atoms with E-state index in [0.29, 0.717) is 12.8 Å². The highest BCUT2D eigenvalue weighted by Crippen LogP contribution is 2.46. The van der Waals surface area contributed by atoms with Crippen LogP contribution in [0.5, 0.6) is 0 Å². The van der Waals surface area contributed by atoms with Gasteiger partial charge in [-0.2, -0.15) is 0 Å². The van der Waals surface area contributed by atoms with Crippen molar-refractivity contribution in [3.05, 3.63) is 12.2 Å². The minimum absolute atomic E-state index is 0.147. The van der Waals surface area contributed by atoms with Crippen LogP contribution in [0.3, 0.4) is 0 Å². The van der Waals surface area contributed by atoms with Crippen LogP contribution in [-0.4, -0.2) is 33.3 Å². The third-order valence-corrected chi connectivity index (χ3v) is 2.59. The summed E-state index contributed by atoms with van der Waals surface area (Å²) in [6.45, 7) is 0. The van der Waals surface area contributed by atoms with Crippen molar-refractivity contribution in [3.8, 4) is 0 Å². The van der Waals surface area contributed by atoms with Gasteiger partial charge in [-0.25, -0.2) is 0 Å². The smallest absolute Gasteiger partial charge is 0.305 e. The van der Waals surface area contributed by atoms with Gasteiger partial charge < -0.3 is 5.11 Å². The van der Waals surface area contributed by atoms with Gasteiger partial charge in [-0.1, -0.05) is 0 Å². The normalized spacial score (nSPS) is 23.0. The molecule has 1 fully saturated rings. The third-order valence-electron chi connectivity index (χ3n) is 2.59. The zero-order valence-corrected chi connectivity index (χ0v) is 7.40. The summed E-state index contributed by atoms with van der Waals surface area (Å²) in [4.78, 5) is 34.2. The first kappa shape index (κ1) is 8.93. The van der Waals surface area contributed by atoms with Crippen molar-refractivity contribution in [3.63, 3.8) is 0 Å². The Hall–Kier alpha value is -1.65. The Morgan fingerprint density at radius 1 is 1.36 bits per heavy atom. The van der Waals surface area contributed by atoms with Crippen LogP contribution in [0.1, 0.15) is 19.3 Å². The first-order chi connectivity index (χ1) is 6.55. The van der Waals surface area contributed by atoms with Crippen LogP contribution >= 0.6 is 0 Å². The molecule has 5 nitrogen and oxygen atoms in total. The van der Waals surface area contributed by atoms with E-state index in [1.54, 1.807) is 0 Å². The van der Waals surface area contributed by atoms with E-state index in [1.807, 2.05) is 0 Å². The lowest BCUT2D eigenvalue weighted by Gasteiger charge is -2.23. The fourth-order valence-corrected chi connectivity index (χ4v) is 1.77. The topological polar surface area (TPSA) is 74.7 Å². The van der Waals surface area contributed by atoms with Crippen LogP contribution in [-0.2, 0) is 14.4 Å². The van der Waals surface area contributed by atoms with Crippen molar-refractivity contribution in [2.24, 2.45) is 0 Å². The fraction of sp³-hybridized carbons (Fsp3) is 0.444. The number of carboxylic acids is 1. The van der Waals surface area contributed by atoms with Crippen molar-refractivity contribution < 1.29 is 19.5 Å². The molecular formula is C9H9NO4. The van der Waals surface area contributed by atoms with E-state index in [1.165, 1.54) is 12.2 Å². The van der Waals surface area contributed by atoms with Gasteiger partial charge in [-0.15, -0.1) is 0 Å². The number of aliphatic carboxylic acids is 1. The van der Waals surface area contributed by atoms with Crippen LogP contribution in [0.15, 0.2) is 12.2 Å².